The molecule has 0 aliphatic carbocycles. The van der Waals surface area contributed by atoms with Crippen molar-refractivity contribution in [1.82, 2.24) is 4.90 Å². The lowest BCUT2D eigenvalue weighted by Gasteiger charge is -2.26. The largest absolute Gasteiger partial charge is 0.381 e. The van der Waals surface area contributed by atoms with Crippen LogP contribution in [-0.4, -0.2) is 38.3 Å². The van der Waals surface area contributed by atoms with Crippen molar-refractivity contribution in [3.8, 4) is 0 Å². The monoisotopic (exact) mass is 171 g/mol. The van der Waals surface area contributed by atoms with E-state index in [2.05, 4.69) is 18.9 Å². The van der Waals surface area contributed by atoms with Gasteiger partial charge in [-0.1, -0.05) is 6.92 Å². The highest BCUT2D eigenvalue weighted by Gasteiger charge is 2.17. The Balaban J connectivity index is 1.86. The number of nitrogens with zero attached hydrogens (tertiary/aromatic N) is 1. The molecule has 0 amide bonds. The van der Waals surface area contributed by atoms with Crippen LogP contribution in [0.15, 0.2) is 0 Å². The van der Waals surface area contributed by atoms with E-state index in [0.717, 1.165) is 19.1 Å². The molecule has 1 aliphatic heterocycles. The second-order valence-electron chi connectivity index (χ2n) is 3.85. The average Bonchev–Trinajstić information content (AvgIpc) is 1.95. The molecule has 72 valence electrons. The molecule has 0 bridgehead atoms. The lowest BCUT2D eigenvalue weighted by molar-refractivity contribution is -0.0368. The van der Waals surface area contributed by atoms with Gasteiger partial charge in [0.15, 0.2) is 0 Å². The summed E-state index contributed by atoms with van der Waals surface area (Å²) in [6.45, 7) is 6.75. The minimum Gasteiger partial charge on any atom is -0.381 e. The van der Waals surface area contributed by atoms with Gasteiger partial charge in [-0.25, -0.2) is 0 Å². The highest BCUT2D eigenvalue weighted by molar-refractivity contribution is 4.65. The second kappa shape index (κ2) is 5.55. The van der Waals surface area contributed by atoms with Crippen molar-refractivity contribution >= 4 is 0 Å². The molecule has 0 aromatic rings. The number of rotatable bonds is 6. The maximum absolute atomic E-state index is 5.13. The zero-order valence-corrected chi connectivity index (χ0v) is 8.38. The number of ether oxygens (including phenoxy) is 1. The fraction of sp³-hybridized carbons (Fsp3) is 1.00. The Morgan fingerprint density at radius 3 is 2.58 bits per heavy atom. The Bertz CT molecular complexity index is 112. The van der Waals surface area contributed by atoms with Crippen LogP contribution in [0.5, 0.6) is 0 Å². The highest BCUT2D eigenvalue weighted by Crippen LogP contribution is 2.15. The van der Waals surface area contributed by atoms with Crippen LogP contribution in [0.4, 0.5) is 0 Å². The molecule has 2 heteroatoms. The lowest BCUT2D eigenvalue weighted by Crippen LogP contribution is -2.29. The van der Waals surface area contributed by atoms with Crippen molar-refractivity contribution in [3.05, 3.63) is 0 Å². The molecule has 1 aliphatic rings. The Morgan fingerprint density at radius 2 is 2.08 bits per heavy atom. The maximum Gasteiger partial charge on any atom is 0.0516 e. The first-order valence-corrected chi connectivity index (χ1v) is 5.09. The van der Waals surface area contributed by atoms with Crippen LogP contribution >= 0.6 is 0 Å². The SMILES string of the molecule is CCCN(C)CCCC1COC1. The molecule has 0 aromatic carbocycles. The van der Waals surface area contributed by atoms with Gasteiger partial charge in [0.2, 0.25) is 0 Å². The fourth-order valence-electron chi connectivity index (χ4n) is 1.59. The van der Waals surface area contributed by atoms with Gasteiger partial charge >= 0.3 is 0 Å². The van der Waals surface area contributed by atoms with Crippen LogP contribution in [0, 0.1) is 5.92 Å². The molecule has 2 nitrogen and oxygen atoms in total. The van der Waals surface area contributed by atoms with Crippen LogP contribution < -0.4 is 0 Å². The van der Waals surface area contributed by atoms with Crippen molar-refractivity contribution in [1.29, 1.82) is 0 Å². The van der Waals surface area contributed by atoms with Gasteiger partial charge in [-0.2, -0.15) is 0 Å². The predicted octanol–water partition coefficient (Wildman–Crippen LogP) is 1.75. The smallest absolute Gasteiger partial charge is 0.0516 e. The zero-order chi connectivity index (χ0) is 8.81. The molecule has 0 atom stereocenters. The highest BCUT2D eigenvalue weighted by atomic mass is 16.5. The third-order valence-electron chi connectivity index (χ3n) is 2.46. The summed E-state index contributed by atoms with van der Waals surface area (Å²) >= 11 is 0. The van der Waals surface area contributed by atoms with E-state index in [9.17, 15) is 0 Å². The second-order valence-corrected chi connectivity index (χ2v) is 3.85. The molecule has 0 radical (unpaired) electrons. The quantitative estimate of drug-likeness (QED) is 0.603. The summed E-state index contributed by atoms with van der Waals surface area (Å²) in [7, 11) is 2.21. The van der Waals surface area contributed by atoms with E-state index in [0.29, 0.717) is 0 Å². The van der Waals surface area contributed by atoms with Crippen LogP contribution in [0.1, 0.15) is 26.2 Å². The van der Waals surface area contributed by atoms with Crippen LogP contribution in [-0.2, 0) is 4.74 Å². The van der Waals surface area contributed by atoms with Crippen molar-refractivity contribution in [2.75, 3.05) is 33.4 Å². The molecular weight excluding hydrogens is 150 g/mol. The minimum atomic E-state index is 0.875. The molecule has 0 spiro atoms. The summed E-state index contributed by atoms with van der Waals surface area (Å²) in [5, 5.41) is 0. The van der Waals surface area contributed by atoms with E-state index in [-0.39, 0.29) is 0 Å². The Kier molecular flexibility index (Phi) is 4.62. The third-order valence-corrected chi connectivity index (χ3v) is 2.46. The van der Waals surface area contributed by atoms with E-state index in [1.54, 1.807) is 0 Å². The van der Waals surface area contributed by atoms with E-state index in [4.69, 9.17) is 4.74 Å². The van der Waals surface area contributed by atoms with Crippen molar-refractivity contribution in [2.45, 2.75) is 26.2 Å². The van der Waals surface area contributed by atoms with E-state index < -0.39 is 0 Å². The molecule has 0 saturated carbocycles. The molecule has 1 fully saturated rings. The summed E-state index contributed by atoms with van der Waals surface area (Å²) in [4.78, 5) is 2.42. The third kappa shape index (κ3) is 3.55. The molecule has 0 aromatic heterocycles. The molecule has 0 unspecified atom stereocenters. The Hall–Kier alpha value is -0.0800. The minimum absolute atomic E-state index is 0.875. The van der Waals surface area contributed by atoms with Gasteiger partial charge in [0, 0.05) is 5.92 Å². The molecule has 1 rings (SSSR count). The average molecular weight is 171 g/mol. The van der Waals surface area contributed by atoms with Crippen molar-refractivity contribution in [2.24, 2.45) is 5.92 Å². The topological polar surface area (TPSA) is 12.5 Å². The summed E-state index contributed by atoms with van der Waals surface area (Å²) in [6, 6.07) is 0. The molecule has 0 N–H and O–H groups in total. The van der Waals surface area contributed by atoms with Gasteiger partial charge in [0.05, 0.1) is 13.2 Å². The van der Waals surface area contributed by atoms with E-state index in [1.165, 1.54) is 32.4 Å². The summed E-state index contributed by atoms with van der Waals surface area (Å²) < 4.78 is 5.13. The summed E-state index contributed by atoms with van der Waals surface area (Å²) in [5.41, 5.74) is 0. The van der Waals surface area contributed by atoms with E-state index in [1.807, 2.05) is 0 Å². The van der Waals surface area contributed by atoms with Crippen molar-refractivity contribution in [3.63, 3.8) is 0 Å². The maximum atomic E-state index is 5.13. The van der Waals surface area contributed by atoms with Gasteiger partial charge in [-0.3, -0.25) is 0 Å². The van der Waals surface area contributed by atoms with Crippen molar-refractivity contribution < 1.29 is 4.74 Å². The zero-order valence-electron chi connectivity index (χ0n) is 8.38. The lowest BCUT2D eigenvalue weighted by atomic mass is 10.0. The van der Waals surface area contributed by atoms with Crippen LogP contribution in [0.3, 0.4) is 0 Å². The standard InChI is InChI=1S/C10H21NO/c1-3-6-11(2)7-4-5-10-8-12-9-10/h10H,3-9H2,1-2H3. The molecule has 1 saturated heterocycles. The van der Waals surface area contributed by atoms with Gasteiger partial charge in [-0.15, -0.1) is 0 Å². The van der Waals surface area contributed by atoms with Gasteiger partial charge in [0.1, 0.15) is 0 Å². The summed E-state index contributed by atoms with van der Waals surface area (Å²) in [5.74, 6) is 0.875. The number of hydrogen-bond acceptors (Lipinski definition) is 2. The van der Waals surface area contributed by atoms with Crippen LogP contribution in [0.2, 0.25) is 0 Å². The predicted molar refractivity (Wildman–Crippen MR) is 51.3 cm³/mol. The van der Waals surface area contributed by atoms with E-state index >= 15 is 0 Å². The normalized spacial score (nSPS) is 18.2. The first kappa shape index (κ1) is 10.0. The van der Waals surface area contributed by atoms with Gasteiger partial charge in [-0.05, 0) is 39.4 Å². The van der Waals surface area contributed by atoms with Gasteiger partial charge in [0.25, 0.3) is 0 Å². The molecule has 12 heavy (non-hydrogen) atoms. The Labute approximate surface area is 75.9 Å². The Morgan fingerprint density at radius 1 is 1.33 bits per heavy atom. The molecule has 1 heterocycles. The van der Waals surface area contributed by atoms with Crippen LogP contribution in [0.25, 0.3) is 0 Å². The summed E-state index contributed by atoms with van der Waals surface area (Å²) in [6.07, 6.45) is 3.96. The number of hydrogen-bond donors (Lipinski definition) is 0. The first-order valence-electron chi connectivity index (χ1n) is 5.09. The molecular formula is C10H21NO. The first-order chi connectivity index (χ1) is 5.83. The fourth-order valence-corrected chi connectivity index (χ4v) is 1.59. The van der Waals surface area contributed by atoms with Gasteiger partial charge < -0.3 is 9.64 Å².